The second kappa shape index (κ2) is 8.30. The van der Waals surface area contributed by atoms with Crippen molar-refractivity contribution in [3.05, 3.63) is 71.3 Å². The van der Waals surface area contributed by atoms with Crippen LogP contribution >= 0.6 is 0 Å². The van der Waals surface area contributed by atoms with Crippen LogP contribution in [-0.4, -0.2) is 29.0 Å². The van der Waals surface area contributed by atoms with Crippen LogP contribution in [0.4, 0.5) is 0 Å². The molecule has 3 rings (SSSR count). The van der Waals surface area contributed by atoms with Gasteiger partial charge < -0.3 is 10.0 Å². The first-order valence-electron chi connectivity index (χ1n) is 9.20. The molecule has 0 aliphatic carbocycles. The summed E-state index contributed by atoms with van der Waals surface area (Å²) in [6.07, 6.45) is 2.67. The Labute approximate surface area is 150 Å². The van der Waals surface area contributed by atoms with Gasteiger partial charge in [0, 0.05) is 19.5 Å². The summed E-state index contributed by atoms with van der Waals surface area (Å²) in [4.78, 5) is 14.4. The van der Waals surface area contributed by atoms with E-state index in [1.165, 1.54) is 11.1 Å². The van der Waals surface area contributed by atoms with E-state index in [0.717, 1.165) is 37.9 Å². The predicted octanol–water partition coefficient (Wildman–Crippen LogP) is 3.90. The third-order valence-corrected chi connectivity index (χ3v) is 5.19. The standard InChI is InChI=1S/C22H27NO2/c1-17-6-5-7-18(16-17)10-11-21(24)23-14-12-20(13-15-23)22(25)19-8-3-2-4-9-19/h2-9,16,20,22,25H,10-15H2,1H3. The molecular weight excluding hydrogens is 310 g/mol. The lowest BCUT2D eigenvalue weighted by molar-refractivity contribution is -0.133. The Bertz CT molecular complexity index is 690. The number of hydrogen-bond acceptors (Lipinski definition) is 2. The number of amides is 1. The predicted molar refractivity (Wildman–Crippen MR) is 100 cm³/mol. The number of carbonyl (C=O) groups excluding carboxylic acids is 1. The van der Waals surface area contributed by atoms with Crippen LogP contribution in [0.15, 0.2) is 54.6 Å². The highest BCUT2D eigenvalue weighted by Gasteiger charge is 2.27. The third-order valence-electron chi connectivity index (χ3n) is 5.19. The largest absolute Gasteiger partial charge is 0.388 e. The highest BCUT2D eigenvalue weighted by molar-refractivity contribution is 5.76. The van der Waals surface area contributed by atoms with Crippen molar-refractivity contribution < 1.29 is 9.90 Å². The molecule has 3 heteroatoms. The van der Waals surface area contributed by atoms with Gasteiger partial charge in [0.15, 0.2) is 0 Å². The van der Waals surface area contributed by atoms with Gasteiger partial charge in [-0.2, -0.15) is 0 Å². The molecule has 2 aromatic rings. The van der Waals surface area contributed by atoms with E-state index in [1.807, 2.05) is 41.3 Å². The lowest BCUT2D eigenvalue weighted by atomic mass is 9.87. The van der Waals surface area contributed by atoms with Gasteiger partial charge in [0.25, 0.3) is 0 Å². The summed E-state index contributed by atoms with van der Waals surface area (Å²) in [5.41, 5.74) is 3.44. The number of aryl methyl sites for hydroxylation is 2. The molecule has 1 N–H and O–H groups in total. The van der Waals surface area contributed by atoms with Crippen LogP contribution in [0.3, 0.4) is 0 Å². The first kappa shape index (κ1) is 17.7. The number of likely N-dealkylation sites (tertiary alicyclic amines) is 1. The van der Waals surface area contributed by atoms with Crippen molar-refractivity contribution in [3.8, 4) is 0 Å². The normalized spacial score (nSPS) is 16.6. The highest BCUT2D eigenvalue weighted by atomic mass is 16.3. The highest BCUT2D eigenvalue weighted by Crippen LogP contribution is 2.30. The Morgan fingerprint density at radius 1 is 1.12 bits per heavy atom. The summed E-state index contributed by atoms with van der Waals surface area (Å²) in [6, 6.07) is 18.2. The molecule has 0 spiro atoms. The molecule has 1 amide bonds. The molecule has 1 aliphatic rings. The number of aliphatic hydroxyl groups excluding tert-OH is 1. The van der Waals surface area contributed by atoms with Gasteiger partial charge in [0.1, 0.15) is 0 Å². The van der Waals surface area contributed by atoms with E-state index < -0.39 is 6.10 Å². The van der Waals surface area contributed by atoms with Gasteiger partial charge in [-0.25, -0.2) is 0 Å². The van der Waals surface area contributed by atoms with Crippen LogP contribution in [0, 0.1) is 12.8 Å². The van der Waals surface area contributed by atoms with Crippen LogP contribution in [0.2, 0.25) is 0 Å². The molecule has 2 aromatic carbocycles. The van der Waals surface area contributed by atoms with Gasteiger partial charge in [-0.3, -0.25) is 4.79 Å². The maximum Gasteiger partial charge on any atom is 0.222 e. The van der Waals surface area contributed by atoms with Gasteiger partial charge in [0.2, 0.25) is 5.91 Å². The molecule has 0 saturated carbocycles. The summed E-state index contributed by atoms with van der Waals surface area (Å²) in [7, 11) is 0. The summed E-state index contributed by atoms with van der Waals surface area (Å²) in [5.74, 6) is 0.470. The second-order valence-corrected chi connectivity index (χ2v) is 7.06. The Morgan fingerprint density at radius 3 is 2.52 bits per heavy atom. The van der Waals surface area contributed by atoms with Crippen LogP contribution in [0.25, 0.3) is 0 Å². The number of carbonyl (C=O) groups is 1. The maximum atomic E-state index is 12.5. The first-order chi connectivity index (χ1) is 12.1. The van der Waals surface area contributed by atoms with Crippen molar-refractivity contribution in [3.63, 3.8) is 0 Å². The molecule has 132 valence electrons. The number of hydrogen-bond donors (Lipinski definition) is 1. The molecule has 3 nitrogen and oxygen atoms in total. The number of aliphatic hydroxyl groups is 1. The van der Waals surface area contributed by atoms with Gasteiger partial charge in [-0.15, -0.1) is 0 Å². The molecule has 1 heterocycles. The average Bonchev–Trinajstić information content (AvgIpc) is 2.66. The Balaban J connectivity index is 1.47. The molecule has 1 saturated heterocycles. The van der Waals surface area contributed by atoms with E-state index in [9.17, 15) is 9.90 Å². The monoisotopic (exact) mass is 337 g/mol. The SMILES string of the molecule is Cc1cccc(CCC(=O)N2CCC(C(O)c3ccccc3)CC2)c1. The van der Waals surface area contributed by atoms with Gasteiger partial charge >= 0.3 is 0 Å². The topological polar surface area (TPSA) is 40.5 Å². The Morgan fingerprint density at radius 2 is 1.84 bits per heavy atom. The fraction of sp³-hybridized carbons (Fsp3) is 0.409. The minimum Gasteiger partial charge on any atom is -0.388 e. The zero-order chi connectivity index (χ0) is 17.6. The fourth-order valence-corrected chi connectivity index (χ4v) is 3.66. The minimum atomic E-state index is -0.425. The van der Waals surface area contributed by atoms with Crippen molar-refractivity contribution in [1.29, 1.82) is 0 Å². The van der Waals surface area contributed by atoms with E-state index in [1.54, 1.807) is 0 Å². The molecule has 1 atom stereocenters. The summed E-state index contributed by atoms with van der Waals surface area (Å²) in [5, 5.41) is 10.5. The van der Waals surface area contributed by atoms with Crippen molar-refractivity contribution in [2.45, 2.75) is 38.7 Å². The smallest absolute Gasteiger partial charge is 0.222 e. The minimum absolute atomic E-state index is 0.231. The van der Waals surface area contributed by atoms with Gasteiger partial charge in [-0.1, -0.05) is 60.2 Å². The van der Waals surface area contributed by atoms with Gasteiger partial charge in [-0.05, 0) is 43.2 Å². The Kier molecular flexibility index (Phi) is 5.87. The molecule has 1 aliphatic heterocycles. The van der Waals surface area contributed by atoms with E-state index in [4.69, 9.17) is 0 Å². The van der Waals surface area contributed by atoms with Crippen molar-refractivity contribution in [1.82, 2.24) is 4.90 Å². The maximum absolute atomic E-state index is 12.5. The molecule has 1 unspecified atom stereocenters. The zero-order valence-electron chi connectivity index (χ0n) is 14.9. The van der Waals surface area contributed by atoms with Crippen LogP contribution in [0.1, 0.15) is 42.1 Å². The second-order valence-electron chi connectivity index (χ2n) is 7.06. The fourth-order valence-electron chi connectivity index (χ4n) is 3.66. The summed E-state index contributed by atoms with van der Waals surface area (Å²) >= 11 is 0. The third kappa shape index (κ3) is 4.70. The zero-order valence-corrected chi connectivity index (χ0v) is 14.9. The molecular formula is C22H27NO2. The number of piperidine rings is 1. The van der Waals surface area contributed by atoms with E-state index in [0.29, 0.717) is 6.42 Å². The lowest BCUT2D eigenvalue weighted by Gasteiger charge is -2.34. The Hall–Kier alpha value is -2.13. The number of benzene rings is 2. The molecule has 25 heavy (non-hydrogen) atoms. The quantitative estimate of drug-likeness (QED) is 0.899. The molecule has 1 fully saturated rings. The van der Waals surface area contributed by atoms with Crippen molar-refractivity contribution >= 4 is 5.91 Å². The summed E-state index contributed by atoms with van der Waals surface area (Å²) in [6.45, 7) is 3.58. The summed E-state index contributed by atoms with van der Waals surface area (Å²) < 4.78 is 0. The average molecular weight is 337 g/mol. The van der Waals surface area contributed by atoms with E-state index >= 15 is 0 Å². The van der Waals surface area contributed by atoms with Gasteiger partial charge in [0.05, 0.1) is 6.10 Å². The van der Waals surface area contributed by atoms with E-state index in [2.05, 4.69) is 25.1 Å². The number of nitrogens with zero attached hydrogens (tertiary/aromatic N) is 1. The molecule has 0 radical (unpaired) electrons. The van der Waals surface area contributed by atoms with Crippen LogP contribution in [-0.2, 0) is 11.2 Å². The van der Waals surface area contributed by atoms with Crippen molar-refractivity contribution in [2.75, 3.05) is 13.1 Å². The van der Waals surface area contributed by atoms with Crippen LogP contribution < -0.4 is 0 Å². The lowest BCUT2D eigenvalue weighted by Crippen LogP contribution is -2.39. The van der Waals surface area contributed by atoms with E-state index in [-0.39, 0.29) is 11.8 Å². The van der Waals surface area contributed by atoms with Crippen LogP contribution in [0.5, 0.6) is 0 Å². The first-order valence-corrected chi connectivity index (χ1v) is 9.20. The van der Waals surface area contributed by atoms with Crippen molar-refractivity contribution in [2.24, 2.45) is 5.92 Å². The molecule has 0 aromatic heterocycles. The number of rotatable bonds is 5. The molecule has 0 bridgehead atoms.